The minimum absolute atomic E-state index is 0.299. The lowest BCUT2D eigenvalue weighted by molar-refractivity contribution is 0.0182. The summed E-state index contributed by atoms with van der Waals surface area (Å²) in [5.41, 5.74) is 6.81. The molecule has 1 aliphatic carbocycles. The van der Waals surface area contributed by atoms with Gasteiger partial charge in [0.05, 0.1) is 0 Å². The van der Waals surface area contributed by atoms with Crippen LogP contribution in [-0.4, -0.2) is 32.8 Å². The molecule has 0 spiro atoms. The molecule has 0 aromatic carbocycles. The van der Waals surface area contributed by atoms with Gasteiger partial charge in [-0.15, -0.1) is 0 Å². The molecular formula is C14H28N2O. The summed E-state index contributed by atoms with van der Waals surface area (Å²) in [7, 11) is 0. The molecule has 0 amide bonds. The van der Waals surface area contributed by atoms with E-state index in [2.05, 4.69) is 12.2 Å². The van der Waals surface area contributed by atoms with Crippen LogP contribution in [0, 0.1) is 10.8 Å². The second kappa shape index (κ2) is 5.68. The summed E-state index contributed by atoms with van der Waals surface area (Å²) in [6.07, 6.45) is 7.83. The molecule has 100 valence electrons. The van der Waals surface area contributed by atoms with Crippen LogP contribution in [0.2, 0.25) is 0 Å². The fraction of sp³-hybridized carbons (Fsp3) is 1.00. The van der Waals surface area contributed by atoms with Crippen LogP contribution in [0.3, 0.4) is 0 Å². The Morgan fingerprint density at radius 3 is 2.29 bits per heavy atom. The zero-order valence-electron chi connectivity index (χ0n) is 11.3. The molecule has 2 fully saturated rings. The molecule has 1 heterocycles. The van der Waals surface area contributed by atoms with Crippen molar-refractivity contribution in [1.82, 2.24) is 5.32 Å². The molecule has 3 heteroatoms. The average molecular weight is 240 g/mol. The highest BCUT2D eigenvalue weighted by Crippen LogP contribution is 2.37. The van der Waals surface area contributed by atoms with Crippen molar-refractivity contribution in [2.45, 2.75) is 45.4 Å². The topological polar surface area (TPSA) is 47.3 Å². The molecule has 0 atom stereocenters. The molecule has 1 saturated heterocycles. The van der Waals surface area contributed by atoms with Gasteiger partial charge in [0.2, 0.25) is 0 Å². The molecule has 0 unspecified atom stereocenters. The third-order valence-electron chi connectivity index (χ3n) is 4.85. The van der Waals surface area contributed by atoms with E-state index in [1.54, 1.807) is 0 Å². The Morgan fingerprint density at radius 2 is 1.71 bits per heavy atom. The maximum absolute atomic E-state index is 5.97. The van der Waals surface area contributed by atoms with E-state index in [4.69, 9.17) is 10.5 Å². The van der Waals surface area contributed by atoms with Gasteiger partial charge in [-0.25, -0.2) is 0 Å². The summed E-state index contributed by atoms with van der Waals surface area (Å²) >= 11 is 0. The van der Waals surface area contributed by atoms with Crippen LogP contribution in [-0.2, 0) is 4.74 Å². The van der Waals surface area contributed by atoms with Gasteiger partial charge in [-0.05, 0) is 43.1 Å². The Bertz CT molecular complexity index is 230. The predicted octanol–water partition coefficient (Wildman–Crippen LogP) is 1.91. The van der Waals surface area contributed by atoms with Gasteiger partial charge in [0.1, 0.15) is 0 Å². The molecule has 1 saturated carbocycles. The van der Waals surface area contributed by atoms with Crippen LogP contribution in [0.15, 0.2) is 0 Å². The molecule has 0 radical (unpaired) electrons. The quantitative estimate of drug-likeness (QED) is 0.772. The molecule has 1 aliphatic heterocycles. The number of hydrogen-bond donors (Lipinski definition) is 2. The van der Waals surface area contributed by atoms with Gasteiger partial charge in [-0.3, -0.25) is 0 Å². The van der Waals surface area contributed by atoms with Crippen LogP contribution in [0.5, 0.6) is 0 Å². The number of ether oxygens (including phenoxy) is 1. The first-order valence-corrected chi connectivity index (χ1v) is 7.17. The van der Waals surface area contributed by atoms with Gasteiger partial charge in [0.15, 0.2) is 0 Å². The Hall–Kier alpha value is -0.120. The van der Waals surface area contributed by atoms with Crippen molar-refractivity contribution in [2.24, 2.45) is 16.6 Å². The summed E-state index contributed by atoms with van der Waals surface area (Å²) in [4.78, 5) is 0. The van der Waals surface area contributed by atoms with Crippen LogP contribution < -0.4 is 11.1 Å². The minimum atomic E-state index is 0.299. The van der Waals surface area contributed by atoms with Gasteiger partial charge in [-0.2, -0.15) is 0 Å². The van der Waals surface area contributed by atoms with Crippen LogP contribution in [0.25, 0.3) is 0 Å². The first-order chi connectivity index (χ1) is 8.18. The molecule has 17 heavy (non-hydrogen) atoms. The lowest BCUT2D eigenvalue weighted by Crippen LogP contribution is -2.46. The summed E-state index contributed by atoms with van der Waals surface area (Å²) in [6.45, 7) is 7.22. The molecule has 2 aliphatic rings. The van der Waals surface area contributed by atoms with E-state index in [0.29, 0.717) is 10.8 Å². The first-order valence-electron chi connectivity index (χ1n) is 7.17. The third-order valence-corrected chi connectivity index (χ3v) is 4.85. The van der Waals surface area contributed by atoms with Crippen LogP contribution in [0.1, 0.15) is 45.4 Å². The van der Waals surface area contributed by atoms with E-state index in [1.807, 2.05) is 0 Å². The Labute approximate surface area is 105 Å². The Morgan fingerprint density at radius 1 is 1.06 bits per heavy atom. The van der Waals surface area contributed by atoms with Crippen molar-refractivity contribution in [3.8, 4) is 0 Å². The second-order valence-electron chi connectivity index (χ2n) is 6.44. The van der Waals surface area contributed by atoms with Crippen molar-refractivity contribution in [1.29, 1.82) is 0 Å². The molecule has 2 rings (SSSR count). The van der Waals surface area contributed by atoms with E-state index < -0.39 is 0 Å². The first kappa shape index (κ1) is 13.3. The van der Waals surface area contributed by atoms with Crippen LogP contribution >= 0.6 is 0 Å². The molecule has 3 N–H and O–H groups in total. The molecule has 3 nitrogen and oxygen atoms in total. The molecule has 0 bridgehead atoms. The van der Waals surface area contributed by atoms with Gasteiger partial charge < -0.3 is 15.8 Å². The maximum Gasteiger partial charge on any atom is 0.0472 e. The van der Waals surface area contributed by atoms with E-state index in [9.17, 15) is 0 Å². The number of nitrogens with two attached hydrogens (primary N) is 1. The van der Waals surface area contributed by atoms with Crippen molar-refractivity contribution < 1.29 is 4.74 Å². The number of rotatable bonds is 5. The largest absolute Gasteiger partial charge is 0.381 e. The Balaban J connectivity index is 1.75. The van der Waals surface area contributed by atoms with E-state index in [1.165, 1.54) is 25.7 Å². The lowest BCUT2D eigenvalue weighted by Gasteiger charge is -2.37. The second-order valence-corrected chi connectivity index (χ2v) is 6.44. The highest BCUT2D eigenvalue weighted by Gasteiger charge is 2.33. The summed E-state index contributed by atoms with van der Waals surface area (Å²) < 4.78 is 5.44. The molecule has 0 aromatic heterocycles. The van der Waals surface area contributed by atoms with Gasteiger partial charge in [0, 0.05) is 26.3 Å². The van der Waals surface area contributed by atoms with Crippen molar-refractivity contribution in [3.05, 3.63) is 0 Å². The maximum atomic E-state index is 5.97. The van der Waals surface area contributed by atoms with Crippen molar-refractivity contribution in [3.63, 3.8) is 0 Å². The highest BCUT2D eigenvalue weighted by atomic mass is 16.5. The summed E-state index contributed by atoms with van der Waals surface area (Å²) in [5.74, 6) is 0. The van der Waals surface area contributed by atoms with Gasteiger partial charge in [0.25, 0.3) is 0 Å². The highest BCUT2D eigenvalue weighted by molar-refractivity contribution is 4.88. The van der Waals surface area contributed by atoms with E-state index in [0.717, 1.165) is 45.7 Å². The molecule has 0 aromatic rings. The average Bonchev–Trinajstić information content (AvgIpc) is 2.77. The fourth-order valence-electron chi connectivity index (χ4n) is 3.29. The summed E-state index contributed by atoms with van der Waals surface area (Å²) in [6, 6.07) is 0. The summed E-state index contributed by atoms with van der Waals surface area (Å²) in [5, 5.41) is 3.69. The smallest absolute Gasteiger partial charge is 0.0472 e. The normalized spacial score (nSPS) is 27.2. The monoisotopic (exact) mass is 240 g/mol. The number of nitrogens with one attached hydrogen (secondary N) is 1. The molecular weight excluding hydrogens is 212 g/mol. The lowest BCUT2D eigenvalue weighted by atomic mass is 9.79. The predicted molar refractivity (Wildman–Crippen MR) is 71.0 cm³/mol. The third kappa shape index (κ3) is 3.43. The Kier molecular flexibility index (Phi) is 4.45. The minimum Gasteiger partial charge on any atom is -0.381 e. The number of hydrogen-bond acceptors (Lipinski definition) is 3. The van der Waals surface area contributed by atoms with Crippen molar-refractivity contribution >= 4 is 0 Å². The van der Waals surface area contributed by atoms with E-state index >= 15 is 0 Å². The van der Waals surface area contributed by atoms with Crippen molar-refractivity contribution in [2.75, 3.05) is 32.8 Å². The zero-order valence-corrected chi connectivity index (χ0v) is 11.3. The van der Waals surface area contributed by atoms with Crippen LogP contribution in [0.4, 0.5) is 0 Å². The fourth-order valence-corrected chi connectivity index (χ4v) is 3.29. The van der Waals surface area contributed by atoms with E-state index in [-0.39, 0.29) is 0 Å². The van der Waals surface area contributed by atoms with Gasteiger partial charge in [-0.1, -0.05) is 19.8 Å². The SMILES string of the molecule is CC1(CNCC2(CN)CCOCC2)CCCC1. The standard InChI is InChI=1S/C14H28N2O/c1-13(4-2-3-5-13)11-16-12-14(10-15)6-8-17-9-7-14/h16H,2-12,15H2,1H3. The van der Waals surface area contributed by atoms with Gasteiger partial charge >= 0.3 is 0 Å². The zero-order chi connectivity index (χ0) is 12.2.